The molecule has 7 rings (SSSR count). The molecule has 0 bridgehead atoms. The number of ether oxygens (including phenoxy) is 1. The van der Waals surface area contributed by atoms with Crippen LogP contribution in [0.3, 0.4) is 0 Å². The van der Waals surface area contributed by atoms with Gasteiger partial charge in [-0.1, -0.05) is 71.3 Å². The molecule has 2 aliphatic carbocycles. The molecule has 0 N–H and O–H groups in total. The summed E-state index contributed by atoms with van der Waals surface area (Å²) in [5, 5.41) is 10.5. The van der Waals surface area contributed by atoms with Gasteiger partial charge in [0.15, 0.2) is 6.23 Å². The molecule has 0 saturated carbocycles. The van der Waals surface area contributed by atoms with Gasteiger partial charge >= 0.3 is 0 Å². The Kier molecular flexibility index (Phi) is 8.76. The van der Waals surface area contributed by atoms with E-state index in [0.29, 0.717) is 47.1 Å². The van der Waals surface area contributed by atoms with E-state index in [-0.39, 0.29) is 32.4 Å². The topological polar surface area (TPSA) is 49.8 Å². The van der Waals surface area contributed by atoms with Gasteiger partial charge in [-0.25, -0.2) is 12.0 Å². The molecule has 2 saturated heterocycles. The van der Waals surface area contributed by atoms with E-state index in [4.69, 9.17) is 14.2 Å². The van der Waals surface area contributed by atoms with Crippen LogP contribution in [0.1, 0.15) is 96.4 Å². The number of rotatable bonds is 2. The molecule has 5 heterocycles. The van der Waals surface area contributed by atoms with Gasteiger partial charge in [0.2, 0.25) is 0 Å². The van der Waals surface area contributed by atoms with Gasteiger partial charge in [-0.05, 0) is 48.6 Å². The first-order valence-corrected chi connectivity index (χ1v) is 16.3. The maximum absolute atomic E-state index is 7.67. The first kappa shape index (κ1) is 26.7. The SMILES string of the molecule is C[C@H]1C[C-]=C(C2=C[C@H](C)[C@H](C)C[N-]2)CC1.[2H]C([2H])([2H])C1=N[C@H]2OC3=C(C4CC=C5SC(C)C[C@H]5[N-]4)[CH-]CCC3C2CC1.[Ir]. The zero-order valence-electron chi connectivity index (χ0n) is 27.5. The van der Waals surface area contributed by atoms with Crippen LogP contribution < -0.4 is 0 Å². The Morgan fingerprint density at radius 3 is 2.80 bits per heavy atom. The minimum absolute atomic E-state index is 0. The summed E-state index contributed by atoms with van der Waals surface area (Å²) in [6.45, 7) is 8.06. The third-order valence-corrected chi connectivity index (χ3v) is 11.1. The predicted molar refractivity (Wildman–Crippen MR) is 164 cm³/mol. The largest absolute Gasteiger partial charge is 0.769 e. The van der Waals surface area contributed by atoms with E-state index < -0.39 is 6.85 Å². The third kappa shape index (κ3) is 6.51. The van der Waals surface area contributed by atoms with E-state index in [1.54, 1.807) is 0 Å². The molecular weight excluding hydrogens is 691 g/mol. The zero-order chi connectivity index (χ0) is 29.6. The first-order chi connectivity index (χ1) is 20.1. The van der Waals surface area contributed by atoms with Crippen LogP contribution >= 0.6 is 11.8 Å². The van der Waals surface area contributed by atoms with Gasteiger partial charge in [-0.3, -0.25) is 11.1 Å². The van der Waals surface area contributed by atoms with Crippen LogP contribution in [0.2, 0.25) is 0 Å². The third-order valence-electron chi connectivity index (χ3n) is 9.80. The molecular formula is C34H47IrN3OS-4. The second-order valence-corrected chi connectivity index (χ2v) is 14.4. The van der Waals surface area contributed by atoms with Crippen molar-refractivity contribution in [3.8, 4) is 0 Å². The molecule has 0 aromatic rings. The zero-order valence-corrected chi connectivity index (χ0v) is 27.7. The molecule has 7 aliphatic rings. The molecule has 0 amide bonds. The van der Waals surface area contributed by atoms with Crippen molar-refractivity contribution in [2.45, 2.75) is 116 Å². The van der Waals surface area contributed by atoms with E-state index in [2.05, 4.69) is 62.7 Å². The number of nitrogens with zero attached hydrogens (tertiary/aromatic N) is 3. The van der Waals surface area contributed by atoms with Crippen LogP contribution in [0.25, 0.3) is 10.6 Å². The number of aliphatic imine (C=N–C) groups is 1. The Balaban J connectivity index is 0.000000197. The first-order valence-electron chi connectivity index (χ1n) is 16.9. The van der Waals surface area contributed by atoms with Gasteiger partial charge in [0.05, 0.1) is 0 Å². The van der Waals surface area contributed by atoms with Gasteiger partial charge in [0, 0.05) is 41.1 Å². The summed E-state index contributed by atoms with van der Waals surface area (Å²) in [5.41, 5.74) is 4.21. The fraction of sp³-hybridized carbons (Fsp3) is 0.706. The van der Waals surface area contributed by atoms with E-state index in [1.165, 1.54) is 34.6 Å². The summed E-state index contributed by atoms with van der Waals surface area (Å²) >= 11 is 1.98. The van der Waals surface area contributed by atoms with Gasteiger partial charge in [0.1, 0.15) is 0 Å². The standard InChI is InChI=1S/C20H26N2OS.C14H21N.Ir/c1-11-6-7-14-13-4-3-5-15(19(13)23-20(14)21-11)16-8-9-18-17(22-16)10-12(2)24-18;1-10-4-6-13(7-5-10)14-8-11(2)12(3)9-15-14;/h5,9,12-14,16-17,20H,3-4,6-8,10H2,1-2H3;8,10-12H,4-6,9H2,1-3H3;/q2*-2;/t12?,13?,14?,16?,17-,20+;10-,11+,12-;/m11./s1/i1D3;;. The van der Waals surface area contributed by atoms with E-state index >= 15 is 0 Å². The quantitative estimate of drug-likeness (QED) is 0.266. The van der Waals surface area contributed by atoms with Crippen molar-refractivity contribution in [3.63, 3.8) is 0 Å². The molecule has 40 heavy (non-hydrogen) atoms. The molecule has 0 aromatic heterocycles. The van der Waals surface area contributed by atoms with Crippen molar-refractivity contribution >= 4 is 17.5 Å². The summed E-state index contributed by atoms with van der Waals surface area (Å²) in [4.78, 5) is 5.97. The average molecular weight is 741 g/mol. The molecule has 0 aromatic carbocycles. The van der Waals surface area contributed by atoms with Crippen LogP contribution in [0, 0.1) is 42.1 Å². The number of allylic oxidation sites excluding steroid dienone is 4. The average Bonchev–Trinajstić information content (AvgIpc) is 3.53. The fourth-order valence-corrected chi connectivity index (χ4v) is 8.37. The summed E-state index contributed by atoms with van der Waals surface area (Å²) in [5.74, 6) is 3.97. The van der Waals surface area contributed by atoms with Gasteiger partial charge in [-0.2, -0.15) is 11.6 Å². The van der Waals surface area contributed by atoms with Crippen molar-refractivity contribution in [1.82, 2.24) is 0 Å². The number of fused-ring (bicyclic) bond motifs is 4. The Morgan fingerprint density at radius 1 is 1.15 bits per heavy atom. The van der Waals surface area contributed by atoms with Crippen LogP contribution in [0.4, 0.5) is 0 Å². The van der Waals surface area contributed by atoms with Crippen molar-refractivity contribution in [3.05, 3.63) is 62.8 Å². The Labute approximate surface area is 265 Å². The molecule has 223 valence electrons. The minimum Gasteiger partial charge on any atom is -0.769 e. The fourth-order valence-electron chi connectivity index (χ4n) is 7.12. The second-order valence-electron chi connectivity index (χ2n) is 12.9. The summed E-state index contributed by atoms with van der Waals surface area (Å²) in [7, 11) is 0. The van der Waals surface area contributed by atoms with Gasteiger partial charge < -0.3 is 21.1 Å². The summed E-state index contributed by atoms with van der Waals surface area (Å²) in [6.07, 6.45) is 19.5. The molecule has 0 spiro atoms. The maximum Gasteiger partial charge on any atom is 0.171 e. The van der Waals surface area contributed by atoms with Crippen LogP contribution in [0.15, 0.2) is 44.7 Å². The molecule has 6 heteroatoms. The summed E-state index contributed by atoms with van der Waals surface area (Å²) < 4.78 is 29.3. The van der Waals surface area contributed by atoms with Crippen LogP contribution in [-0.4, -0.2) is 35.8 Å². The van der Waals surface area contributed by atoms with Crippen molar-refractivity contribution in [2.75, 3.05) is 6.54 Å². The molecule has 4 nitrogen and oxygen atoms in total. The van der Waals surface area contributed by atoms with E-state index in [9.17, 15) is 0 Å². The van der Waals surface area contributed by atoms with Crippen molar-refractivity contribution in [1.29, 1.82) is 0 Å². The normalized spacial score (nSPS) is 41.5. The van der Waals surface area contributed by atoms with Crippen LogP contribution in [0.5, 0.6) is 0 Å². The van der Waals surface area contributed by atoms with Gasteiger partial charge in [0.25, 0.3) is 0 Å². The number of thioether (sulfide) groups is 1. The smallest absolute Gasteiger partial charge is 0.171 e. The monoisotopic (exact) mass is 741 g/mol. The molecule has 2 fully saturated rings. The molecule has 9 atom stereocenters. The second kappa shape index (κ2) is 13.1. The molecule has 5 aliphatic heterocycles. The van der Waals surface area contributed by atoms with E-state index in [0.717, 1.165) is 56.7 Å². The maximum atomic E-state index is 7.67. The van der Waals surface area contributed by atoms with E-state index in [1.807, 2.05) is 11.8 Å². The van der Waals surface area contributed by atoms with Crippen molar-refractivity contribution in [2.24, 2.45) is 34.6 Å². The Hall–Kier alpha value is -0.941. The number of hydrogen-bond acceptors (Lipinski definition) is 3. The Morgan fingerprint density at radius 2 is 2.02 bits per heavy atom. The Bertz CT molecular complexity index is 1190. The van der Waals surface area contributed by atoms with Crippen LogP contribution in [-0.2, 0) is 24.8 Å². The summed E-state index contributed by atoms with van der Waals surface area (Å²) in [6, 6.07) is 0.545. The predicted octanol–water partition coefficient (Wildman–Crippen LogP) is 9.08. The van der Waals surface area contributed by atoms with Crippen molar-refractivity contribution < 1.29 is 29.0 Å². The molecule has 1 radical (unpaired) electrons. The molecule has 4 unspecified atom stereocenters. The minimum atomic E-state index is -2.10. The number of hydrogen-bond donors (Lipinski definition) is 0. The van der Waals surface area contributed by atoms with Gasteiger partial charge in [-0.15, -0.1) is 43.2 Å².